The van der Waals surface area contributed by atoms with Crippen LogP contribution in [-0.2, 0) is 23.7 Å². The summed E-state index contributed by atoms with van der Waals surface area (Å²) in [5, 5.41) is 62.1. The molecule has 41 heavy (non-hydrogen) atoms. The number of aliphatic hydroxyl groups excluding tert-OH is 6. The van der Waals surface area contributed by atoms with E-state index in [2.05, 4.69) is 6.92 Å². The molecule has 15 heteroatoms. The number of rotatable bonds is 14. The quantitative estimate of drug-likeness (QED) is 0.0858. The number of nitrogens with two attached hydrogens (primary N) is 4. The number of hydrogen-bond acceptors (Lipinski definition) is 15. The standard InChI is InChI=1S/C26H52N4O11/c1-2-3-4-5-6-7-8-37-24-14(10-27)38-25(16(30)18(24)33)40-22-12(28)9-13(29)23(21(22)36)41-26-20(35)19(34)17(32)15(11-31)39-26/h12-26,31-36H,2-11,27-30H2,1H3/t12-,13+,14+,15+,16+,17+,18+,19-,20+,21-,22+,23-,24+,25+,26+/m0/s1. The second-order valence-corrected chi connectivity index (χ2v) is 11.4. The Morgan fingerprint density at radius 3 is 1.88 bits per heavy atom. The van der Waals surface area contributed by atoms with E-state index in [1.54, 1.807) is 0 Å². The fourth-order valence-corrected chi connectivity index (χ4v) is 5.69. The molecule has 0 aromatic heterocycles. The fraction of sp³-hybridized carbons (Fsp3) is 1.00. The second kappa shape index (κ2) is 16.5. The summed E-state index contributed by atoms with van der Waals surface area (Å²) < 4.78 is 29.1. The predicted molar refractivity (Wildman–Crippen MR) is 145 cm³/mol. The molecule has 0 spiro atoms. The first kappa shape index (κ1) is 34.9. The molecule has 1 aliphatic carbocycles. The molecule has 3 fully saturated rings. The number of unbranched alkanes of at least 4 members (excludes halogenated alkanes) is 5. The van der Waals surface area contributed by atoms with Gasteiger partial charge in [-0.15, -0.1) is 0 Å². The highest BCUT2D eigenvalue weighted by Gasteiger charge is 2.51. The molecular formula is C26H52N4O11. The van der Waals surface area contributed by atoms with Gasteiger partial charge in [0.15, 0.2) is 12.6 Å². The van der Waals surface area contributed by atoms with Gasteiger partial charge in [-0.25, -0.2) is 0 Å². The van der Waals surface area contributed by atoms with E-state index in [0.29, 0.717) is 6.61 Å². The van der Waals surface area contributed by atoms with E-state index >= 15 is 0 Å². The highest BCUT2D eigenvalue weighted by molar-refractivity contribution is 5.01. The van der Waals surface area contributed by atoms with Gasteiger partial charge in [-0.2, -0.15) is 0 Å². The van der Waals surface area contributed by atoms with E-state index in [1.807, 2.05) is 0 Å². The van der Waals surface area contributed by atoms with Gasteiger partial charge < -0.3 is 77.3 Å². The molecule has 15 nitrogen and oxygen atoms in total. The van der Waals surface area contributed by atoms with E-state index in [9.17, 15) is 30.6 Å². The molecular weight excluding hydrogens is 544 g/mol. The van der Waals surface area contributed by atoms with Crippen LogP contribution in [0.15, 0.2) is 0 Å². The van der Waals surface area contributed by atoms with Crippen LogP contribution in [0.5, 0.6) is 0 Å². The minimum atomic E-state index is -1.69. The van der Waals surface area contributed by atoms with Crippen molar-refractivity contribution in [3.8, 4) is 0 Å². The van der Waals surface area contributed by atoms with Crippen molar-refractivity contribution < 1.29 is 54.3 Å². The van der Waals surface area contributed by atoms with E-state index in [4.69, 9.17) is 46.6 Å². The monoisotopic (exact) mass is 596 g/mol. The molecule has 3 rings (SSSR count). The molecule has 0 radical (unpaired) electrons. The molecule has 2 heterocycles. The maximum absolute atomic E-state index is 11.2. The van der Waals surface area contributed by atoms with Crippen LogP contribution in [0, 0.1) is 0 Å². The molecule has 0 bridgehead atoms. The Labute approximate surface area is 241 Å². The summed E-state index contributed by atoms with van der Waals surface area (Å²) in [5.74, 6) is 0. The smallest absolute Gasteiger partial charge is 0.187 e. The number of hydrogen-bond donors (Lipinski definition) is 10. The van der Waals surface area contributed by atoms with Gasteiger partial charge in [-0.3, -0.25) is 0 Å². The van der Waals surface area contributed by atoms with Gasteiger partial charge in [-0.05, 0) is 12.8 Å². The molecule has 14 N–H and O–H groups in total. The van der Waals surface area contributed by atoms with Gasteiger partial charge >= 0.3 is 0 Å². The highest BCUT2D eigenvalue weighted by atomic mass is 16.7. The second-order valence-electron chi connectivity index (χ2n) is 11.4. The maximum atomic E-state index is 11.2. The summed E-state index contributed by atoms with van der Waals surface area (Å²) in [6.07, 6.45) is -8.64. The van der Waals surface area contributed by atoms with E-state index in [-0.39, 0.29) is 13.0 Å². The minimum Gasteiger partial charge on any atom is -0.394 e. The lowest BCUT2D eigenvalue weighted by Gasteiger charge is -2.48. The Morgan fingerprint density at radius 2 is 1.27 bits per heavy atom. The Morgan fingerprint density at radius 1 is 0.683 bits per heavy atom. The largest absolute Gasteiger partial charge is 0.394 e. The van der Waals surface area contributed by atoms with Crippen LogP contribution in [0.2, 0.25) is 0 Å². The zero-order chi connectivity index (χ0) is 30.3. The third-order valence-corrected chi connectivity index (χ3v) is 8.25. The van der Waals surface area contributed by atoms with Crippen LogP contribution in [0.1, 0.15) is 51.9 Å². The summed E-state index contributed by atoms with van der Waals surface area (Å²) in [6, 6.07) is -2.65. The molecule has 0 aromatic rings. The summed E-state index contributed by atoms with van der Waals surface area (Å²) in [5.41, 5.74) is 24.7. The zero-order valence-electron chi connectivity index (χ0n) is 23.8. The van der Waals surface area contributed by atoms with Gasteiger partial charge in [0.1, 0.15) is 61.0 Å². The van der Waals surface area contributed by atoms with E-state index in [1.165, 1.54) is 19.3 Å². The van der Waals surface area contributed by atoms with Gasteiger partial charge in [0, 0.05) is 25.2 Å². The lowest BCUT2D eigenvalue weighted by molar-refractivity contribution is -0.332. The van der Waals surface area contributed by atoms with Crippen molar-refractivity contribution in [2.75, 3.05) is 19.8 Å². The van der Waals surface area contributed by atoms with Gasteiger partial charge in [0.25, 0.3) is 0 Å². The molecule has 2 saturated heterocycles. The average Bonchev–Trinajstić information content (AvgIpc) is 2.95. The van der Waals surface area contributed by atoms with Crippen molar-refractivity contribution in [2.45, 2.75) is 144 Å². The topological polar surface area (TPSA) is 272 Å². The molecule has 1 saturated carbocycles. The Hall–Kier alpha value is -0.600. The Balaban J connectivity index is 1.61. The molecule has 15 atom stereocenters. The number of ether oxygens (including phenoxy) is 5. The first-order valence-electron chi connectivity index (χ1n) is 14.8. The highest BCUT2D eigenvalue weighted by Crippen LogP contribution is 2.31. The third kappa shape index (κ3) is 8.53. The van der Waals surface area contributed by atoms with Crippen LogP contribution >= 0.6 is 0 Å². The first-order chi connectivity index (χ1) is 19.5. The van der Waals surface area contributed by atoms with Gasteiger partial charge in [-0.1, -0.05) is 39.0 Å². The van der Waals surface area contributed by atoms with Crippen LogP contribution in [-0.4, -0.2) is 142 Å². The average molecular weight is 597 g/mol. The zero-order valence-corrected chi connectivity index (χ0v) is 23.8. The lowest BCUT2D eigenvalue weighted by Crippen LogP contribution is -2.69. The van der Waals surface area contributed by atoms with E-state index in [0.717, 1.165) is 19.3 Å². The molecule has 0 unspecified atom stereocenters. The summed E-state index contributed by atoms with van der Waals surface area (Å²) >= 11 is 0. The summed E-state index contributed by atoms with van der Waals surface area (Å²) in [6.45, 7) is 1.96. The molecule has 0 aromatic carbocycles. The van der Waals surface area contributed by atoms with Gasteiger partial charge in [0.05, 0.1) is 12.6 Å². The summed E-state index contributed by atoms with van der Waals surface area (Å²) in [7, 11) is 0. The Kier molecular flexibility index (Phi) is 14.0. The van der Waals surface area contributed by atoms with E-state index < -0.39 is 98.4 Å². The van der Waals surface area contributed by atoms with Crippen molar-refractivity contribution in [2.24, 2.45) is 22.9 Å². The molecule has 2 aliphatic heterocycles. The summed E-state index contributed by atoms with van der Waals surface area (Å²) in [4.78, 5) is 0. The van der Waals surface area contributed by atoms with Crippen molar-refractivity contribution in [3.05, 3.63) is 0 Å². The molecule has 3 aliphatic rings. The predicted octanol–water partition coefficient (Wildman–Crippen LogP) is -3.91. The third-order valence-electron chi connectivity index (χ3n) is 8.25. The van der Waals surface area contributed by atoms with Crippen molar-refractivity contribution >= 4 is 0 Å². The van der Waals surface area contributed by atoms with Crippen molar-refractivity contribution in [3.63, 3.8) is 0 Å². The maximum Gasteiger partial charge on any atom is 0.187 e. The SMILES string of the molecule is CCCCCCCCO[C@H]1[C@H](O)[C@@H](N)[C@@H](O[C@H]2[C@H](O)[C@@H](O[C@H]3O[C@H](CO)[C@@H](O)[C@H](O)[C@H]3O)[C@H](N)C[C@@H]2N)O[C@@H]1CN. The van der Waals surface area contributed by atoms with Gasteiger partial charge in [0.2, 0.25) is 0 Å². The number of aliphatic hydroxyl groups is 6. The molecule has 242 valence electrons. The van der Waals surface area contributed by atoms with Crippen molar-refractivity contribution in [1.29, 1.82) is 0 Å². The van der Waals surface area contributed by atoms with Crippen LogP contribution in [0.3, 0.4) is 0 Å². The van der Waals surface area contributed by atoms with Crippen LogP contribution in [0.4, 0.5) is 0 Å². The Bertz CT molecular complexity index is 756. The first-order valence-corrected chi connectivity index (χ1v) is 14.8. The lowest BCUT2D eigenvalue weighted by atomic mass is 9.84. The van der Waals surface area contributed by atoms with Crippen molar-refractivity contribution in [1.82, 2.24) is 0 Å². The van der Waals surface area contributed by atoms with Crippen LogP contribution < -0.4 is 22.9 Å². The fourth-order valence-electron chi connectivity index (χ4n) is 5.69. The minimum absolute atomic E-state index is 0.0256. The normalized spacial score (nSPS) is 45.6. The van der Waals surface area contributed by atoms with Crippen LogP contribution in [0.25, 0.3) is 0 Å². The molecule has 0 amide bonds.